The fraction of sp³-hybridized carbons (Fsp3) is 0.800. The van der Waals surface area contributed by atoms with Crippen LogP contribution >= 0.6 is 0 Å². The highest BCUT2D eigenvalue weighted by Crippen LogP contribution is 2.20. The molecule has 2 aliphatic rings. The Bertz CT molecular complexity index is 431. The number of hydrogen-bond acceptors (Lipinski definition) is 5. The standard InChI is InChI=1S/C15H25N3O2/c1-3-14-10-19-11(2)8-18(14)9-15-6-13(17-20-15)7-16-12-4-5-12/h6,11-12,14,16H,3-5,7-10H2,1-2H3. The molecule has 20 heavy (non-hydrogen) atoms. The van der Waals surface area contributed by atoms with Crippen molar-refractivity contribution in [2.24, 2.45) is 0 Å². The van der Waals surface area contributed by atoms with Gasteiger partial charge in [-0.15, -0.1) is 0 Å². The first-order valence-electron chi connectivity index (χ1n) is 7.78. The lowest BCUT2D eigenvalue weighted by atomic mass is 10.1. The highest BCUT2D eigenvalue weighted by molar-refractivity contribution is 5.06. The van der Waals surface area contributed by atoms with E-state index in [9.17, 15) is 0 Å². The van der Waals surface area contributed by atoms with Crippen LogP contribution in [0.4, 0.5) is 0 Å². The molecule has 2 fully saturated rings. The van der Waals surface area contributed by atoms with E-state index in [0.717, 1.165) is 44.1 Å². The summed E-state index contributed by atoms with van der Waals surface area (Å²) in [7, 11) is 0. The van der Waals surface area contributed by atoms with Crippen LogP contribution in [0.2, 0.25) is 0 Å². The smallest absolute Gasteiger partial charge is 0.151 e. The Labute approximate surface area is 120 Å². The molecule has 112 valence electrons. The van der Waals surface area contributed by atoms with Crippen molar-refractivity contribution in [1.29, 1.82) is 0 Å². The number of nitrogens with one attached hydrogen (secondary N) is 1. The third-order valence-corrected chi connectivity index (χ3v) is 4.17. The average molecular weight is 279 g/mol. The lowest BCUT2D eigenvalue weighted by Crippen LogP contribution is -2.47. The maximum atomic E-state index is 5.73. The Kier molecular flexibility index (Phi) is 4.38. The van der Waals surface area contributed by atoms with E-state index in [1.807, 2.05) is 0 Å². The van der Waals surface area contributed by atoms with Crippen molar-refractivity contribution in [3.05, 3.63) is 17.5 Å². The molecule has 3 rings (SSSR count). The second-order valence-electron chi connectivity index (χ2n) is 6.08. The molecule has 5 nitrogen and oxygen atoms in total. The second-order valence-corrected chi connectivity index (χ2v) is 6.08. The molecule has 0 amide bonds. The molecule has 1 aromatic heterocycles. The van der Waals surface area contributed by atoms with Crippen LogP contribution in [0.5, 0.6) is 0 Å². The highest BCUT2D eigenvalue weighted by Gasteiger charge is 2.26. The van der Waals surface area contributed by atoms with Crippen LogP contribution in [-0.2, 0) is 17.8 Å². The van der Waals surface area contributed by atoms with E-state index in [0.29, 0.717) is 18.2 Å². The quantitative estimate of drug-likeness (QED) is 0.862. The summed E-state index contributed by atoms with van der Waals surface area (Å²) in [6, 6.07) is 3.28. The number of rotatable bonds is 6. The molecule has 2 unspecified atom stereocenters. The Morgan fingerprint density at radius 3 is 3.05 bits per heavy atom. The summed E-state index contributed by atoms with van der Waals surface area (Å²) >= 11 is 0. The third-order valence-electron chi connectivity index (χ3n) is 4.17. The molecule has 1 aliphatic carbocycles. The van der Waals surface area contributed by atoms with Gasteiger partial charge in [-0.2, -0.15) is 0 Å². The summed E-state index contributed by atoms with van der Waals surface area (Å²) in [4.78, 5) is 2.45. The van der Waals surface area contributed by atoms with Crippen molar-refractivity contribution in [1.82, 2.24) is 15.4 Å². The first-order valence-corrected chi connectivity index (χ1v) is 7.78. The minimum atomic E-state index is 0.303. The zero-order valence-corrected chi connectivity index (χ0v) is 12.5. The van der Waals surface area contributed by atoms with Crippen molar-refractivity contribution in [2.45, 2.75) is 64.4 Å². The van der Waals surface area contributed by atoms with Gasteiger partial charge < -0.3 is 14.6 Å². The zero-order valence-electron chi connectivity index (χ0n) is 12.5. The molecule has 0 aromatic carbocycles. The van der Waals surface area contributed by atoms with E-state index < -0.39 is 0 Å². The van der Waals surface area contributed by atoms with E-state index in [1.165, 1.54) is 12.8 Å². The molecule has 2 atom stereocenters. The molecule has 1 saturated carbocycles. The number of aromatic nitrogens is 1. The zero-order chi connectivity index (χ0) is 13.9. The summed E-state index contributed by atoms with van der Waals surface area (Å²) in [5.41, 5.74) is 1.02. The number of hydrogen-bond donors (Lipinski definition) is 1. The first-order chi connectivity index (χ1) is 9.74. The maximum Gasteiger partial charge on any atom is 0.151 e. The van der Waals surface area contributed by atoms with Crippen molar-refractivity contribution < 1.29 is 9.26 Å². The van der Waals surface area contributed by atoms with Gasteiger partial charge in [-0.3, -0.25) is 4.90 Å². The fourth-order valence-electron chi connectivity index (χ4n) is 2.73. The summed E-state index contributed by atoms with van der Waals surface area (Å²) in [6.45, 7) is 7.79. The highest BCUT2D eigenvalue weighted by atomic mass is 16.5. The van der Waals surface area contributed by atoms with Gasteiger partial charge in [0.1, 0.15) is 0 Å². The van der Waals surface area contributed by atoms with Gasteiger partial charge in [0.2, 0.25) is 0 Å². The van der Waals surface area contributed by atoms with Gasteiger partial charge in [0.15, 0.2) is 5.76 Å². The Hall–Kier alpha value is -0.910. The lowest BCUT2D eigenvalue weighted by molar-refractivity contribution is -0.0615. The summed E-state index contributed by atoms with van der Waals surface area (Å²) in [5.74, 6) is 0.963. The van der Waals surface area contributed by atoms with Gasteiger partial charge in [0, 0.05) is 31.2 Å². The molecule has 1 aliphatic heterocycles. The van der Waals surface area contributed by atoms with Gasteiger partial charge in [0.05, 0.1) is 24.9 Å². The summed E-state index contributed by atoms with van der Waals surface area (Å²) in [5, 5.41) is 7.62. The summed E-state index contributed by atoms with van der Waals surface area (Å²) in [6.07, 6.45) is 4.01. The van der Waals surface area contributed by atoms with Crippen molar-refractivity contribution in [2.75, 3.05) is 13.2 Å². The van der Waals surface area contributed by atoms with Gasteiger partial charge in [0.25, 0.3) is 0 Å². The maximum absolute atomic E-state index is 5.73. The van der Waals surface area contributed by atoms with Crippen LogP contribution in [0.1, 0.15) is 44.6 Å². The molecule has 1 aromatic rings. The predicted octanol–water partition coefficient (Wildman–Crippen LogP) is 1.93. The van der Waals surface area contributed by atoms with Gasteiger partial charge >= 0.3 is 0 Å². The van der Waals surface area contributed by atoms with Crippen molar-refractivity contribution in [3.8, 4) is 0 Å². The van der Waals surface area contributed by atoms with Gasteiger partial charge in [-0.05, 0) is 26.2 Å². The Morgan fingerprint density at radius 1 is 1.45 bits per heavy atom. The molecule has 0 bridgehead atoms. The number of morpholine rings is 1. The van der Waals surface area contributed by atoms with Crippen LogP contribution in [0, 0.1) is 0 Å². The SMILES string of the molecule is CCC1COC(C)CN1Cc1cc(CNC2CC2)no1. The van der Waals surface area contributed by atoms with E-state index in [1.54, 1.807) is 0 Å². The number of ether oxygens (including phenoxy) is 1. The van der Waals surface area contributed by atoms with Gasteiger partial charge in [-0.25, -0.2) is 0 Å². The summed E-state index contributed by atoms with van der Waals surface area (Å²) < 4.78 is 11.2. The van der Waals surface area contributed by atoms with E-state index in [-0.39, 0.29) is 0 Å². The van der Waals surface area contributed by atoms with Crippen LogP contribution in [0.3, 0.4) is 0 Å². The van der Waals surface area contributed by atoms with E-state index >= 15 is 0 Å². The van der Waals surface area contributed by atoms with Crippen LogP contribution in [0.15, 0.2) is 10.6 Å². The van der Waals surface area contributed by atoms with Gasteiger partial charge in [-0.1, -0.05) is 12.1 Å². The topological polar surface area (TPSA) is 50.5 Å². The largest absolute Gasteiger partial charge is 0.376 e. The molecule has 0 radical (unpaired) electrons. The normalized spacial score (nSPS) is 27.9. The minimum absolute atomic E-state index is 0.303. The minimum Gasteiger partial charge on any atom is -0.376 e. The molecule has 1 N–H and O–H groups in total. The van der Waals surface area contributed by atoms with Crippen molar-refractivity contribution in [3.63, 3.8) is 0 Å². The molecule has 0 spiro atoms. The molecular weight excluding hydrogens is 254 g/mol. The predicted molar refractivity (Wildman–Crippen MR) is 76.3 cm³/mol. The van der Waals surface area contributed by atoms with Crippen LogP contribution in [-0.4, -0.2) is 41.4 Å². The fourth-order valence-corrected chi connectivity index (χ4v) is 2.73. The molecular formula is C15H25N3O2. The average Bonchev–Trinajstić information content (AvgIpc) is 3.17. The van der Waals surface area contributed by atoms with Crippen LogP contribution < -0.4 is 5.32 Å². The molecule has 5 heteroatoms. The Morgan fingerprint density at radius 2 is 2.30 bits per heavy atom. The third kappa shape index (κ3) is 3.59. The first kappa shape index (κ1) is 14.0. The lowest BCUT2D eigenvalue weighted by Gasteiger charge is -2.37. The number of nitrogens with zero attached hydrogens (tertiary/aromatic N) is 2. The molecule has 2 heterocycles. The van der Waals surface area contributed by atoms with E-state index in [2.05, 4.69) is 35.3 Å². The van der Waals surface area contributed by atoms with Crippen LogP contribution in [0.25, 0.3) is 0 Å². The van der Waals surface area contributed by atoms with Crippen molar-refractivity contribution >= 4 is 0 Å². The second kappa shape index (κ2) is 6.24. The van der Waals surface area contributed by atoms with E-state index in [4.69, 9.17) is 9.26 Å². The monoisotopic (exact) mass is 279 g/mol. The molecule has 1 saturated heterocycles. The Balaban J connectivity index is 1.55.